The van der Waals surface area contributed by atoms with Crippen molar-refractivity contribution in [3.63, 3.8) is 0 Å². The Bertz CT molecular complexity index is 369. The number of alkyl halides is 1. The van der Waals surface area contributed by atoms with Crippen LogP contribution in [0.25, 0.3) is 0 Å². The van der Waals surface area contributed by atoms with E-state index in [9.17, 15) is 0 Å². The number of aromatic nitrogens is 1. The number of rotatable bonds is 7. The molecular weight excluding hydrogens is 269 g/mol. The summed E-state index contributed by atoms with van der Waals surface area (Å²) < 4.78 is 0. The lowest BCUT2D eigenvalue weighted by atomic mass is 10.3. The monoisotopic (exact) mass is 289 g/mol. The largest absolute Gasteiger partial charge is 0.354 e. The zero-order valence-corrected chi connectivity index (χ0v) is 12.8. The molecule has 0 spiro atoms. The quantitative estimate of drug-likeness (QED) is 0.719. The van der Waals surface area contributed by atoms with Gasteiger partial charge in [-0.2, -0.15) is 0 Å². The van der Waals surface area contributed by atoms with Crippen LogP contribution in [-0.4, -0.2) is 43.6 Å². The van der Waals surface area contributed by atoms with Crippen molar-refractivity contribution < 1.29 is 0 Å². The van der Waals surface area contributed by atoms with E-state index in [0.717, 1.165) is 37.4 Å². The molecule has 0 saturated heterocycles. The van der Waals surface area contributed by atoms with Crippen molar-refractivity contribution in [2.24, 2.45) is 0 Å². The van der Waals surface area contributed by atoms with Crippen LogP contribution in [0.1, 0.15) is 18.9 Å². The molecule has 0 aromatic carbocycles. The Balaban J connectivity index is 2.84. The molecule has 0 bridgehead atoms. The van der Waals surface area contributed by atoms with Gasteiger partial charge in [-0.1, -0.05) is 18.5 Å². The van der Waals surface area contributed by atoms with Crippen LogP contribution in [0.3, 0.4) is 0 Å². The molecule has 0 fully saturated rings. The molecule has 0 unspecified atom stereocenters. The maximum absolute atomic E-state index is 6.28. The van der Waals surface area contributed by atoms with Crippen LogP contribution < -0.4 is 4.90 Å². The highest BCUT2D eigenvalue weighted by molar-refractivity contribution is 6.33. The second kappa shape index (κ2) is 7.82. The molecule has 5 heteroatoms. The summed E-state index contributed by atoms with van der Waals surface area (Å²) in [4.78, 5) is 8.82. The highest BCUT2D eigenvalue weighted by Gasteiger charge is 2.12. The van der Waals surface area contributed by atoms with Crippen molar-refractivity contribution in [1.29, 1.82) is 0 Å². The molecule has 0 aliphatic carbocycles. The Labute approximate surface area is 120 Å². The van der Waals surface area contributed by atoms with Gasteiger partial charge >= 0.3 is 0 Å². The van der Waals surface area contributed by atoms with Crippen molar-refractivity contribution in [3.8, 4) is 0 Å². The second-order valence-corrected chi connectivity index (χ2v) is 5.25. The van der Waals surface area contributed by atoms with Crippen LogP contribution in [0.4, 0.5) is 5.82 Å². The van der Waals surface area contributed by atoms with Gasteiger partial charge in [0, 0.05) is 31.7 Å². The molecule has 1 heterocycles. The number of pyridine rings is 1. The van der Waals surface area contributed by atoms with Crippen LogP contribution in [0.2, 0.25) is 5.02 Å². The molecule has 102 valence electrons. The molecule has 0 N–H and O–H groups in total. The van der Waals surface area contributed by atoms with Crippen molar-refractivity contribution in [1.82, 2.24) is 9.88 Å². The van der Waals surface area contributed by atoms with E-state index in [1.807, 2.05) is 6.07 Å². The predicted octanol–water partition coefficient (Wildman–Crippen LogP) is 3.25. The summed E-state index contributed by atoms with van der Waals surface area (Å²) in [6, 6.07) is 1.90. The van der Waals surface area contributed by atoms with E-state index in [0.29, 0.717) is 10.9 Å². The molecule has 18 heavy (non-hydrogen) atoms. The topological polar surface area (TPSA) is 19.4 Å². The highest BCUT2D eigenvalue weighted by atomic mass is 35.5. The van der Waals surface area contributed by atoms with Crippen molar-refractivity contribution in [2.45, 2.75) is 19.2 Å². The predicted molar refractivity (Wildman–Crippen MR) is 79.9 cm³/mol. The zero-order valence-electron chi connectivity index (χ0n) is 11.3. The fraction of sp³-hybridized carbons (Fsp3) is 0.615. The van der Waals surface area contributed by atoms with Gasteiger partial charge < -0.3 is 9.80 Å². The minimum absolute atomic E-state index is 0.443. The van der Waals surface area contributed by atoms with E-state index < -0.39 is 0 Å². The van der Waals surface area contributed by atoms with Crippen LogP contribution in [0.5, 0.6) is 0 Å². The Morgan fingerprint density at radius 3 is 2.44 bits per heavy atom. The lowest BCUT2D eigenvalue weighted by molar-refractivity contribution is 0.412. The average Bonchev–Trinajstić information content (AvgIpc) is 2.34. The van der Waals surface area contributed by atoms with Crippen molar-refractivity contribution in [2.75, 3.05) is 38.6 Å². The standard InChI is InChI=1S/C13H21Cl2N3/c1-4-5-18(7-6-17(2)3)13-12(15)8-11(9-14)10-16-13/h8,10H,4-7,9H2,1-3H3. The SMILES string of the molecule is CCCN(CCN(C)C)c1ncc(CCl)cc1Cl. The highest BCUT2D eigenvalue weighted by Crippen LogP contribution is 2.24. The normalized spacial score (nSPS) is 11.0. The molecule has 1 aromatic rings. The van der Waals surface area contributed by atoms with Gasteiger partial charge in [-0.25, -0.2) is 4.98 Å². The Hall–Kier alpha value is -0.510. The third-order valence-corrected chi connectivity index (χ3v) is 3.23. The van der Waals surface area contributed by atoms with E-state index in [4.69, 9.17) is 23.2 Å². The van der Waals surface area contributed by atoms with Crippen LogP contribution in [0.15, 0.2) is 12.3 Å². The summed E-state index contributed by atoms with van der Waals surface area (Å²) >= 11 is 12.1. The van der Waals surface area contributed by atoms with Crippen LogP contribution >= 0.6 is 23.2 Å². The van der Waals surface area contributed by atoms with Gasteiger partial charge in [0.05, 0.1) is 5.02 Å². The molecule has 0 radical (unpaired) electrons. The first-order valence-electron chi connectivity index (χ1n) is 6.18. The molecule has 0 atom stereocenters. The summed E-state index contributed by atoms with van der Waals surface area (Å²) in [5, 5.41) is 0.681. The first-order valence-corrected chi connectivity index (χ1v) is 7.09. The fourth-order valence-electron chi connectivity index (χ4n) is 1.69. The van der Waals surface area contributed by atoms with Crippen molar-refractivity contribution in [3.05, 3.63) is 22.8 Å². The van der Waals surface area contributed by atoms with Gasteiger partial charge in [0.1, 0.15) is 5.82 Å². The Kier molecular flexibility index (Phi) is 6.76. The summed E-state index contributed by atoms with van der Waals surface area (Å²) in [5.41, 5.74) is 0.953. The number of nitrogens with zero attached hydrogens (tertiary/aromatic N) is 3. The molecule has 1 aromatic heterocycles. The average molecular weight is 290 g/mol. The fourth-order valence-corrected chi connectivity index (χ4v) is 2.14. The first-order chi connectivity index (χ1) is 8.58. The van der Waals surface area contributed by atoms with Gasteiger partial charge in [0.2, 0.25) is 0 Å². The van der Waals surface area contributed by atoms with E-state index in [1.54, 1.807) is 6.20 Å². The van der Waals surface area contributed by atoms with Gasteiger partial charge in [-0.05, 0) is 32.1 Å². The number of hydrogen-bond donors (Lipinski definition) is 0. The summed E-state index contributed by atoms with van der Waals surface area (Å²) in [6.45, 7) is 5.02. The molecule has 1 rings (SSSR count). The molecule has 0 aliphatic rings. The van der Waals surface area contributed by atoms with E-state index in [1.165, 1.54) is 0 Å². The number of halogens is 2. The Morgan fingerprint density at radius 2 is 1.94 bits per heavy atom. The third-order valence-electron chi connectivity index (χ3n) is 2.64. The number of likely N-dealkylation sites (N-methyl/N-ethyl adjacent to an activating group) is 1. The smallest absolute Gasteiger partial charge is 0.147 e. The number of hydrogen-bond acceptors (Lipinski definition) is 3. The first kappa shape index (κ1) is 15.5. The third kappa shape index (κ3) is 4.63. The molecule has 3 nitrogen and oxygen atoms in total. The van der Waals surface area contributed by atoms with Crippen molar-refractivity contribution >= 4 is 29.0 Å². The minimum Gasteiger partial charge on any atom is -0.354 e. The van der Waals surface area contributed by atoms with Gasteiger partial charge in [-0.15, -0.1) is 11.6 Å². The molecule has 0 saturated carbocycles. The number of anilines is 1. The second-order valence-electron chi connectivity index (χ2n) is 4.57. The van der Waals surface area contributed by atoms with Gasteiger partial charge in [-0.3, -0.25) is 0 Å². The van der Waals surface area contributed by atoms with Crippen LogP contribution in [-0.2, 0) is 5.88 Å². The Morgan fingerprint density at radius 1 is 1.22 bits per heavy atom. The van der Waals surface area contributed by atoms with E-state index in [-0.39, 0.29) is 0 Å². The molecule has 0 aliphatic heterocycles. The van der Waals surface area contributed by atoms with E-state index >= 15 is 0 Å². The van der Waals surface area contributed by atoms with Crippen LogP contribution in [0, 0.1) is 0 Å². The van der Waals surface area contributed by atoms with Gasteiger partial charge in [0.15, 0.2) is 0 Å². The summed E-state index contributed by atoms with van der Waals surface area (Å²) in [7, 11) is 4.13. The maximum atomic E-state index is 6.28. The van der Waals surface area contributed by atoms with E-state index in [2.05, 4.69) is 35.8 Å². The van der Waals surface area contributed by atoms with Gasteiger partial charge in [0.25, 0.3) is 0 Å². The summed E-state index contributed by atoms with van der Waals surface area (Å²) in [5.74, 6) is 1.30. The minimum atomic E-state index is 0.443. The summed E-state index contributed by atoms with van der Waals surface area (Å²) in [6.07, 6.45) is 2.87. The zero-order chi connectivity index (χ0) is 13.5. The lowest BCUT2D eigenvalue weighted by Crippen LogP contribution is -2.33. The molecule has 0 amide bonds. The molecular formula is C13H21Cl2N3. The lowest BCUT2D eigenvalue weighted by Gasteiger charge is -2.25. The maximum Gasteiger partial charge on any atom is 0.147 e.